The maximum Gasteiger partial charge on any atom is 0.312 e. The molecule has 1 atom stereocenters. The van der Waals surface area contributed by atoms with Crippen molar-refractivity contribution in [2.45, 2.75) is 31.7 Å². The molecule has 1 unspecified atom stereocenters. The number of carboxylic acids is 1. The normalized spacial score (nSPS) is 17.3. The van der Waals surface area contributed by atoms with Crippen LogP contribution in [0, 0.1) is 5.92 Å². The van der Waals surface area contributed by atoms with Gasteiger partial charge in [-0.1, -0.05) is 0 Å². The lowest BCUT2D eigenvalue weighted by atomic mass is 9.93. The van der Waals surface area contributed by atoms with Gasteiger partial charge in [-0.3, -0.25) is 9.59 Å². The molecule has 3 amide bonds. The van der Waals surface area contributed by atoms with Gasteiger partial charge in [-0.2, -0.15) is 11.8 Å². The fourth-order valence-electron chi connectivity index (χ4n) is 2.49. The molecular formula is C13H23N3O4S. The minimum Gasteiger partial charge on any atom is -0.481 e. The van der Waals surface area contributed by atoms with E-state index in [4.69, 9.17) is 10.8 Å². The summed E-state index contributed by atoms with van der Waals surface area (Å²) >= 11 is 1.60. The first-order chi connectivity index (χ1) is 9.93. The molecule has 0 bridgehead atoms. The number of thioether (sulfide) groups is 1. The van der Waals surface area contributed by atoms with Crippen molar-refractivity contribution in [2.75, 3.05) is 25.1 Å². The largest absolute Gasteiger partial charge is 0.481 e. The number of aliphatic carboxylic acids is 1. The van der Waals surface area contributed by atoms with E-state index in [1.54, 1.807) is 16.7 Å². The van der Waals surface area contributed by atoms with Crippen molar-refractivity contribution < 1.29 is 19.5 Å². The summed E-state index contributed by atoms with van der Waals surface area (Å²) in [6.45, 7) is 1.07. The molecule has 8 heteroatoms. The van der Waals surface area contributed by atoms with E-state index in [1.165, 1.54) is 0 Å². The van der Waals surface area contributed by atoms with Gasteiger partial charge in [-0.25, -0.2) is 4.79 Å². The average molecular weight is 317 g/mol. The summed E-state index contributed by atoms with van der Waals surface area (Å²) in [7, 11) is 0. The number of nitrogens with one attached hydrogen (secondary N) is 1. The second kappa shape index (κ2) is 8.76. The number of hydrogen-bond acceptors (Lipinski definition) is 4. The van der Waals surface area contributed by atoms with Gasteiger partial charge in [0.2, 0.25) is 5.91 Å². The molecule has 1 aliphatic rings. The van der Waals surface area contributed by atoms with Gasteiger partial charge >= 0.3 is 12.0 Å². The summed E-state index contributed by atoms with van der Waals surface area (Å²) in [6.07, 6.45) is 3.99. The van der Waals surface area contributed by atoms with Crippen LogP contribution < -0.4 is 11.1 Å². The highest BCUT2D eigenvalue weighted by Crippen LogP contribution is 2.21. The van der Waals surface area contributed by atoms with Crippen LogP contribution >= 0.6 is 11.8 Å². The molecule has 7 nitrogen and oxygen atoms in total. The number of likely N-dealkylation sites (tertiary alicyclic amines) is 1. The first kappa shape index (κ1) is 17.6. The van der Waals surface area contributed by atoms with Gasteiger partial charge in [0.1, 0.15) is 6.04 Å². The Kier molecular flexibility index (Phi) is 7.35. The van der Waals surface area contributed by atoms with Crippen molar-refractivity contribution in [3.8, 4) is 0 Å². The van der Waals surface area contributed by atoms with Crippen LogP contribution in [0.2, 0.25) is 0 Å². The number of urea groups is 1. The number of rotatable bonds is 7. The molecule has 4 N–H and O–H groups in total. The Hall–Kier alpha value is -1.44. The third kappa shape index (κ3) is 6.24. The standard InChI is InChI=1S/C13H23N3O4S/c1-21-7-4-10(15-13(14)20)12(19)16-5-2-9(3-6-16)8-11(17)18/h9-10H,2-8H2,1H3,(H,17,18)(H3,14,15,20). The Morgan fingerprint density at radius 1 is 1.38 bits per heavy atom. The number of primary amides is 1. The second-order valence-corrected chi connectivity index (χ2v) is 6.19. The van der Waals surface area contributed by atoms with E-state index in [2.05, 4.69) is 5.32 Å². The molecule has 1 rings (SSSR count). The molecular weight excluding hydrogens is 294 g/mol. The van der Waals surface area contributed by atoms with Gasteiger partial charge in [-0.15, -0.1) is 0 Å². The number of nitrogens with two attached hydrogens (primary N) is 1. The smallest absolute Gasteiger partial charge is 0.312 e. The summed E-state index contributed by atoms with van der Waals surface area (Å²) in [4.78, 5) is 35.8. The SMILES string of the molecule is CSCCC(NC(N)=O)C(=O)N1CCC(CC(=O)O)CC1. The monoisotopic (exact) mass is 317 g/mol. The molecule has 1 aliphatic heterocycles. The number of hydrogen-bond donors (Lipinski definition) is 3. The van der Waals surface area contributed by atoms with Crippen LogP contribution in [0.1, 0.15) is 25.7 Å². The van der Waals surface area contributed by atoms with Gasteiger partial charge in [0.05, 0.1) is 0 Å². The van der Waals surface area contributed by atoms with Crippen molar-refractivity contribution in [3.05, 3.63) is 0 Å². The van der Waals surface area contributed by atoms with Crippen LogP contribution in [-0.4, -0.2) is 59.1 Å². The van der Waals surface area contributed by atoms with Crippen molar-refractivity contribution in [1.29, 1.82) is 0 Å². The summed E-state index contributed by atoms with van der Waals surface area (Å²) in [6, 6.07) is -1.29. The minimum absolute atomic E-state index is 0.125. The van der Waals surface area contributed by atoms with Crippen LogP contribution in [0.25, 0.3) is 0 Å². The number of carboxylic acid groups (broad SMARTS) is 1. The zero-order valence-electron chi connectivity index (χ0n) is 12.2. The third-order valence-electron chi connectivity index (χ3n) is 3.61. The van der Waals surface area contributed by atoms with Crippen molar-refractivity contribution >= 4 is 29.7 Å². The van der Waals surface area contributed by atoms with E-state index in [0.29, 0.717) is 32.4 Å². The lowest BCUT2D eigenvalue weighted by Crippen LogP contribution is -2.52. The molecule has 0 aliphatic carbocycles. The first-order valence-corrected chi connectivity index (χ1v) is 8.39. The molecule has 120 valence electrons. The lowest BCUT2D eigenvalue weighted by Gasteiger charge is -2.33. The Balaban J connectivity index is 2.52. The molecule has 1 heterocycles. The lowest BCUT2D eigenvalue weighted by molar-refractivity contribution is -0.139. The zero-order chi connectivity index (χ0) is 15.8. The zero-order valence-corrected chi connectivity index (χ0v) is 13.0. The van der Waals surface area contributed by atoms with Gasteiger partial charge in [0.15, 0.2) is 0 Å². The number of piperidine rings is 1. The minimum atomic E-state index is -0.798. The topological polar surface area (TPSA) is 113 Å². The molecule has 0 aromatic rings. The fourth-order valence-corrected chi connectivity index (χ4v) is 2.96. The highest BCUT2D eigenvalue weighted by molar-refractivity contribution is 7.98. The van der Waals surface area contributed by atoms with E-state index < -0.39 is 18.0 Å². The predicted octanol–water partition coefficient (Wildman–Crippen LogP) is 0.490. The van der Waals surface area contributed by atoms with Crippen LogP contribution in [0.5, 0.6) is 0 Å². The summed E-state index contributed by atoms with van der Waals surface area (Å²) in [5.41, 5.74) is 5.12. The fraction of sp³-hybridized carbons (Fsp3) is 0.769. The predicted molar refractivity (Wildman–Crippen MR) is 81.1 cm³/mol. The third-order valence-corrected chi connectivity index (χ3v) is 4.26. The number of nitrogens with zero attached hydrogens (tertiary/aromatic N) is 1. The Bertz CT molecular complexity index is 384. The van der Waals surface area contributed by atoms with E-state index in [1.807, 2.05) is 6.26 Å². The quantitative estimate of drug-likeness (QED) is 0.632. The van der Waals surface area contributed by atoms with E-state index in [-0.39, 0.29) is 18.2 Å². The second-order valence-electron chi connectivity index (χ2n) is 5.21. The van der Waals surface area contributed by atoms with E-state index in [0.717, 1.165) is 5.75 Å². The first-order valence-electron chi connectivity index (χ1n) is 6.99. The van der Waals surface area contributed by atoms with Crippen molar-refractivity contribution in [3.63, 3.8) is 0 Å². The highest BCUT2D eigenvalue weighted by atomic mass is 32.2. The van der Waals surface area contributed by atoms with Gasteiger partial charge in [-0.05, 0) is 37.2 Å². The molecule has 1 fully saturated rings. The maximum absolute atomic E-state index is 12.4. The summed E-state index contributed by atoms with van der Waals surface area (Å²) in [5.74, 6) is -0.0449. The highest BCUT2D eigenvalue weighted by Gasteiger charge is 2.29. The van der Waals surface area contributed by atoms with Crippen LogP contribution in [-0.2, 0) is 9.59 Å². The number of amides is 3. The van der Waals surface area contributed by atoms with Crippen molar-refractivity contribution in [2.24, 2.45) is 11.7 Å². The van der Waals surface area contributed by atoms with Gasteiger partial charge in [0.25, 0.3) is 0 Å². The Morgan fingerprint density at radius 3 is 2.48 bits per heavy atom. The maximum atomic E-state index is 12.4. The van der Waals surface area contributed by atoms with Crippen LogP contribution in [0.4, 0.5) is 4.79 Å². The Labute approximate surface area is 128 Å². The van der Waals surface area contributed by atoms with Crippen LogP contribution in [0.3, 0.4) is 0 Å². The molecule has 0 saturated carbocycles. The van der Waals surface area contributed by atoms with E-state index in [9.17, 15) is 14.4 Å². The molecule has 0 aromatic carbocycles. The summed E-state index contributed by atoms with van der Waals surface area (Å²) in [5, 5.41) is 11.3. The molecule has 0 spiro atoms. The van der Waals surface area contributed by atoms with Crippen molar-refractivity contribution in [1.82, 2.24) is 10.2 Å². The van der Waals surface area contributed by atoms with E-state index >= 15 is 0 Å². The van der Waals surface area contributed by atoms with Gasteiger partial charge < -0.3 is 21.1 Å². The average Bonchev–Trinajstić information content (AvgIpc) is 2.42. The summed E-state index contributed by atoms with van der Waals surface area (Å²) < 4.78 is 0. The van der Waals surface area contributed by atoms with Gasteiger partial charge in [0, 0.05) is 19.5 Å². The Morgan fingerprint density at radius 2 is 2.00 bits per heavy atom. The number of carbonyl (C=O) groups is 3. The molecule has 1 saturated heterocycles. The molecule has 0 radical (unpaired) electrons. The van der Waals surface area contributed by atoms with Crippen LogP contribution in [0.15, 0.2) is 0 Å². The molecule has 21 heavy (non-hydrogen) atoms. The number of carbonyl (C=O) groups excluding carboxylic acids is 2. The molecule has 0 aromatic heterocycles.